The summed E-state index contributed by atoms with van der Waals surface area (Å²) in [6.45, 7) is 0. The monoisotopic (exact) mass is 258 g/mol. The van der Waals surface area contributed by atoms with Crippen LogP contribution in [0.1, 0.15) is 10.6 Å². The summed E-state index contributed by atoms with van der Waals surface area (Å²) in [4.78, 5) is 10.7. The van der Waals surface area contributed by atoms with E-state index in [1.807, 2.05) is 0 Å². The molecule has 5 heteroatoms. The number of carboxylic acids is 1. The van der Waals surface area contributed by atoms with Crippen LogP contribution in [0.15, 0.2) is 27.1 Å². The largest absolute Gasteiger partial charge is 0.475 e. The molecule has 1 aromatic carbocycles. The van der Waals surface area contributed by atoms with E-state index in [2.05, 4.69) is 15.9 Å². The topological polar surface area (TPSA) is 50.4 Å². The molecule has 1 aromatic heterocycles. The normalized spacial score (nSPS) is 10.7. The number of hydrogen-bond acceptors (Lipinski definition) is 2. The van der Waals surface area contributed by atoms with Gasteiger partial charge in [-0.1, -0.05) is 0 Å². The average Bonchev–Trinajstić information content (AvgIpc) is 2.44. The predicted molar refractivity (Wildman–Crippen MR) is 50.8 cm³/mol. The molecule has 0 saturated carbocycles. The van der Waals surface area contributed by atoms with Gasteiger partial charge in [0.1, 0.15) is 11.4 Å². The van der Waals surface area contributed by atoms with Crippen LogP contribution in [-0.4, -0.2) is 11.1 Å². The van der Waals surface area contributed by atoms with Crippen molar-refractivity contribution >= 4 is 32.9 Å². The van der Waals surface area contributed by atoms with Gasteiger partial charge in [0.2, 0.25) is 5.76 Å². The SMILES string of the molecule is O=C(O)c1oc2ccc(F)cc2c1Br. The first-order valence-electron chi connectivity index (χ1n) is 3.70. The van der Waals surface area contributed by atoms with Gasteiger partial charge in [-0.25, -0.2) is 9.18 Å². The molecule has 0 atom stereocenters. The molecule has 0 spiro atoms. The highest BCUT2D eigenvalue weighted by molar-refractivity contribution is 9.10. The van der Waals surface area contributed by atoms with Gasteiger partial charge in [-0.05, 0) is 34.1 Å². The van der Waals surface area contributed by atoms with Crippen LogP contribution in [0.2, 0.25) is 0 Å². The Balaban J connectivity index is 2.80. The van der Waals surface area contributed by atoms with Gasteiger partial charge in [-0.2, -0.15) is 0 Å². The second-order valence-corrected chi connectivity index (χ2v) is 3.48. The summed E-state index contributed by atoms with van der Waals surface area (Å²) in [6.07, 6.45) is 0. The molecule has 0 unspecified atom stereocenters. The highest BCUT2D eigenvalue weighted by atomic mass is 79.9. The standard InChI is InChI=1S/C9H4BrFO3/c10-7-5-3-4(11)1-2-6(5)14-8(7)9(12)13/h1-3H,(H,12,13). The van der Waals surface area contributed by atoms with Gasteiger partial charge < -0.3 is 9.52 Å². The molecular weight excluding hydrogens is 255 g/mol. The second-order valence-electron chi connectivity index (χ2n) is 2.69. The highest BCUT2D eigenvalue weighted by Crippen LogP contribution is 2.31. The first kappa shape index (κ1) is 9.21. The lowest BCUT2D eigenvalue weighted by Gasteiger charge is -1.87. The molecule has 0 aliphatic carbocycles. The lowest BCUT2D eigenvalue weighted by molar-refractivity contribution is 0.0663. The van der Waals surface area contributed by atoms with E-state index in [0.29, 0.717) is 11.0 Å². The van der Waals surface area contributed by atoms with Crippen LogP contribution in [-0.2, 0) is 0 Å². The molecule has 0 amide bonds. The third-order valence-corrected chi connectivity index (χ3v) is 2.57. The fourth-order valence-corrected chi connectivity index (χ4v) is 1.74. The Kier molecular flexibility index (Phi) is 2.03. The number of carbonyl (C=O) groups is 1. The predicted octanol–water partition coefficient (Wildman–Crippen LogP) is 3.03. The van der Waals surface area contributed by atoms with E-state index in [-0.39, 0.29) is 10.2 Å². The first-order valence-corrected chi connectivity index (χ1v) is 4.49. The summed E-state index contributed by atoms with van der Waals surface area (Å²) < 4.78 is 18.1. The quantitative estimate of drug-likeness (QED) is 0.856. The van der Waals surface area contributed by atoms with Crippen molar-refractivity contribution < 1.29 is 18.7 Å². The molecular formula is C9H4BrFO3. The fourth-order valence-electron chi connectivity index (χ4n) is 1.18. The molecule has 72 valence electrons. The van der Waals surface area contributed by atoms with Gasteiger partial charge in [0.25, 0.3) is 0 Å². The number of carboxylic acid groups (broad SMARTS) is 1. The molecule has 2 rings (SSSR count). The van der Waals surface area contributed by atoms with E-state index in [9.17, 15) is 9.18 Å². The van der Waals surface area contributed by atoms with Crippen molar-refractivity contribution in [1.29, 1.82) is 0 Å². The molecule has 0 aliphatic heterocycles. The van der Waals surface area contributed by atoms with E-state index in [0.717, 1.165) is 0 Å². The van der Waals surface area contributed by atoms with E-state index in [1.54, 1.807) is 0 Å². The lowest BCUT2D eigenvalue weighted by atomic mass is 10.2. The van der Waals surface area contributed by atoms with Gasteiger partial charge in [0.15, 0.2) is 0 Å². The third-order valence-electron chi connectivity index (χ3n) is 1.78. The molecule has 14 heavy (non-hydrogen) atoms. The Morgan fingerprint density at radius 1 is 1.50 bits per heavy atom. The summed E-state index contributed by atoms with van der Waals surface area (Å²) in [5, 5.41) is 9.14. The van der Waals surface area contributed by atoms with Gasteiger partial charge >= 0.3 is 5.97 Å². The van der Waals surface area contributed by atoms with Crippen molar-refractivity contribution in [2.45, 2.75) is 0 Å². The van der Waals surface area contributed by atoms with Crippen molar-refractivity contribution in [2.24, 2.45) is 0 Å². The maximum atomic E-state index is 12.8. The molecule has 1 heterocycles. The van der Waals surface area contributed by atoms with Crippen molar-refractivity contribution in [2.75, 3.05) is 0 Å². The van der Waals surface area contributed by atoms with Crippen LogP contribution in [0.5, 0.6) is 0 Å². The Morgan fingerprint density at radius 2 is 2.21 bits per heavy atom. The number of aromatic carboxylic acids is 1. The Bertz CT molecular complexity index is 518. The molecule has 1 N–H and O–H groups in total. The zero-order chi connectivity index (χ0) is 10.3. The van der Waals surface area contributed by atoms with E-state index < -0.39 is 11.8 Å². The Hall–Kier alpha value is -1.36. The minimum Gasteiger partial charge on any atom is -0.475 e. The van der Waals surface area contributed by atoms with Gasteiger partial charge in [-0.15, -0.1) is 0 Å². The Morgan fingerprint density at radius 3 is 2.86 bits per heavy atom. The molecule has 0 saturated heterocycles. The Labute approximate surface area is 86.3 Å². The van der Waals surface area contributed by atoms with E-state index in [1.165, 1.54) is 18.2 Å². The first-order chi connectivity index (χ1) is 6.59. The molecule has 0 radical (unpaired) electrons. The van der Waals surface area contributed by atoms with Gasteiger partial charge in [0.05, 0.1) is 4.47 Å². The van der Waals surface area contributed by atoms with Crippen LogP contribution in [0.25, 0.3) is 11.0 Å². The second kappa shape index (κ2) is 3.09. The summed E-state index contributed by atoms with van der Waals surface area (Å²) in [5.41, 5.74) is 0.343. The molecule has 2 aromatic rings. The van der Waals surface area contributed by atoms with E-state index in [4.69, 9.17) is 9.52 Å². The minimum absolute atomic E-state index is 0.217. The number of benzene rings is 1. The van der Waals surface area contributed by atoms with Crippen LogP contribution in [0.3, 0.4) is 0 Å². The highest BCUT2D eigenvalue weighted by Gasteiger charge is 2.17. The van der Waals surface area contributed by atoms with E-state index >= 15 is 0 Å². The van der Waals surface area contributed by atoms with Crippen molar-refractivity contribution in [3.05, 3.63) is 34.2 Å². The maximum absolute atomic E-state index is 12.8. The average molecular weight is 259 g/mol. The van der Waals surface area contributed by atoms with Crippen molar-refractivity contribution in [3.8, 4) is 0 Å². The maximum Gasteiger partial charge on any atom is 0.373 e. The van der Waals surface area contributed by atoms with Crippen LogP contribution >= 0.6 is 15.9 Å². The number of halogens is 2. The van der Waals surface area contributed by atoms with Crippen molar-refractivity contribution in [3.63, 3.8) is 0 Å². The van der Waals surface area contributed by atoms with Gasteiger partial charge in [0, 0.05) is 5.39 Å². The van der Waals surface area contributed by atoms with Crippen LogP contribution < -0.4 is 0 Å². The fraction of sp³-hybridized carbons (Fsp3) is 0. The molecule has 3 nitrogen and oxygen atoms in total. The van der Waals surface area contributed by atoms with Gasteiger partial charge in [-0.3, -0.25) is 0 Å². The number of hydrogen-bond donors (Lipinski definition) is 1. The minimum atomic E-state index is -1.19. The third kappa shape index (κ3) is 1.29. The molecule has 0 bridgehead atoms. The summed E-state index contributed by atoms with van der Waals surface area (Å²) >= 11 is 3.05. The zero-order valence-electron chi connectivity index (χ0n) is 6.75. The molecule has 0 aliphatic rings. The van der Waals surface area contributed by atoms with Crippen LogP contribution in [0, 0.1) is 5.82 Å². The molecule has 0 fully saturated rings. The number of fused-ring (bicyclic) bond motifs is 1. The zero-order valence-corrected chi connectivity index (χ0v) is 8.34. The van der Waals surface area contributed by atoms with Crippen molar-refractivity contribution in [1.82, 2.24) is 0 Å². The summed E-state index contributed by atoms with van der Waals surface area (Å²) in [7, 11) is 0. The number of furan rings is 1. The summed E-state index contributed by atoms with van der Waals surface area (Å²) in [6, 6.07) is 3.82. The lowest BCUT2D eigenvalue weighted by Crippen LogP contribution is -1.93. The smallest absolute Gasteiger partial charge is 0.373 e. The number of rotatable bonds is 1. The van der Waals surface area contributed by atoms with Crippen LogP contribution in [0.4, 0.5) is 4.39 Å². The summed E-state index contributed by atoms with van der Waals surface area (Å²) in [5.74, 6) is -1.84.